The van der Waals surface area contributed by atoms with Crippen molar-refractivity contribution >= 4 is 6.09 Å². The summed E-state index contributed by atoms with van der Waals surface area (Å²) in [6, 6.07) is 29.4. The molecule has 0 bridgehead atoms. The Morgan fingerprint density at radius 3 is 1.64 bits per heavy atom. The SMILES string of the molecule is O=C1OC[C@H](/C=C/O)N1C(c1ccccc1)(c1ccccc1)c1ccccc1. The van der Waals surface area contributed by atoms with E-state index in [9.17, 15) is 9.90 Å². The second-order valence-electron chi connectivity index (χ2n) is 6.66. The predicted molar refractivity (Wildman–Crippen MR) is 108 cm³/mol. The van der Waals surface area contributed by atoms with Crippen molar-refractivity contribution in [1.82, 2.24) is 4.90 Å². The lowest BCUT2D eigenvalue weighted by Crippen LogP contribution is -2.52. The number of aliphatic hydroxyl groups is 1. The highest BCUT2D eigenvalue weighted by atomic mass is 16.6. The standard InChI is InChI=1S/C24H21NO3/c26-17-16-22-18-28-23(27)25(22)24(19-10-4-1-5-11-19,20-12-6-2-7-13-20)21-14-8-3-9-15-21/h1-17,22,26H,18H2/b17-16+/t22-/m0/s1. The Labute approximate surface area is 164 Å². The van der Waals surface area contributed by atoms with Gasteiger partial charge in [-0.2, -0.15) is 0 Å². The van der Waals surface area contributed by atoms with Crippen LogP contribution in [-0.2, 0) is 10.3 Å². The summed E-state index contributed by atoms with van der Waals surface area (Å²) < 4.78 is 5.43. The third-order valence-corrected chi connectivity index (χ3v) is 5.15. The van der Waals surface area contributed by atoms with E-state index in [0.717, 1.165) is 23.0 Å². The van der Waals surface area contributed by atoms with Crippen LogP contribution < -0.4 is 0 Å². The van der Waals surface area contributed by atoms with Crippen LogP contribution in [0.3, 0.4) is 0 Å². The Kier molecular flexibility index (Phi) is 4.85. The van der Waals surface area contributed by atoms with Crippen LogP contribution in [0, 0.1) is 0 Å². The van der Waals surface area contributed by atoms with Crippen LogP contribution in [-0.4, -0.2) is 28.7 Å². The lowest BCUT2D eigenvalue weighted by molar-refractivity contribution is 0.134. The number of benzene rings is 3. The summed E-state index contributed by atoms with van der Waals surface area (Å²) in [5.74, 6) is 0. The summed E-state index contributed by atoms with van der Waals surface area (Å²) in [7, 11) is 0. The molecule has 1 fully saturated rings. The van der Waals surface area contributed by atoms with E-state index in [4.69, 9.17) is 4.74 Å². The van der Waals surface area contributed by atoms with Gasteiger partial charge in [0.25, 0.3) is 0 Å². The minimum absolute atomic E-state index is 0.185. The molecule has 0 saturated carbocycles. The lowest BCUT2D eigenvalue weighted by atomic mass is 9.75. The van der Waals surface area contributed by atoms with Crippen molar-refractivity contribution in [1.29, 1.82) is 0 Å². The second kappa shape index (κ2) is 7.61. The number of nitrogens with zero attached hydrogens (tertiary/aromatic N) is 1. The van der Waals surface area contributed by atoms with Crippen LogP contribution in [0.4, 0.5) is 4.79 Å². The first-order valence-corrected chi connectivity index (χ1v) is 9.22. The third-order valence-electron chi connectivity index (χ3n) is 5.15. The van der Waals surface area contributed by atoms with E-state index in [1.54, 1.807) is 11.0 Å². The maximum atomic E-state index is 13.0. The molecule has 1 heterocycles. The van der Waals surface area contributed by atoms with Crippen LogP contribution in [0.1, 0.15) is 16.7 Å². The van der Waals surface area contributed by atoms with E-state index < -0.39 is 17.7 Å². The summed E-state index contributed by atoms with van der Waals surface area (Å²) in [5, 5.41) is 9.43. The molecule has 0 aromatic heterocycles. The molecule has 0 unspecified atom stereocenters. The Bertz CT molecular complexity index is 858. The van der Waals surface area contributed by atoms with Crippen LogP contribution in [0.2, 0.25) is 0 Å². The topological polar surface area (TPSA) is 49.8 Å². The van der Waals surface area contributed by atoms with Gasteiger partial charge in [-0.1, -0.05) is 91.0 Å². The number of carbonyl (C=O) groups is 1. The predicted octanol–water partition coefficient (Wildman–Crippen LogP) is 4.87. The number of cyclic esters (lactones) is 1. The molecule has 0 radical (unpaired) electrons. The molecule has 3 aromatic rings. The van der Waals surface area contributed by atoms with Gasteiger partial charge in [0.1, 0.15) is 12.1 Å². The first-order valence-electron chi connectivity index (χ1n) is 9.22. The fourth-order valence-electron chi connectivity index (χ4n) is 4.02. The number of hydrogen-bond donors (Lipinski definition) is 1. The quantitative estimate of drug-likeness (QED) is 0.514. The van der Waals surface area contributed by atoms with Gasteiger partial charge in [0.15, 0.2) is 0 Å². The second-order valence-corrected chi connectivity index (χ2v) is 6.66. The van der Waals surface area contributed by atoms with Gasteiger partial charge < -0.3 is 9.84 Å². The van der Waals surface area contributed by atoms with E-state index in [2.05, 4.69) is 0 Å². The lowest BCUT2D eigenvalue weighted by Gasteiger charge is -2.44. The molecule has 1 aliphatic rings. The number of carbonyl (C=O) groups excluding carboxylic acids is 1. The summed E-state index contributed by atoms with van der Waals surface area (Å²) in [5.41, 5.74) is 1.94. The van der Waals surface area contributed by atoms with Crippen molar-refractivity contribution in [3.05, 3.63) is 120 Å². The first-order chi connectivity index (χ1) is 13.8. The first kappa shape index (κ1) is 17.9. The number of ether oxygens (including phenoxy) is 1. The average Bonchev–Trinajstić information content (AvgIpc) is 3.12. The molecular formula is C24H21NO3. The van der Waals surface area contributed by atoms with Crippen molar-refractivity contribution in [2.75, 3.05) is 6.61 Å². The molecule has 3 aromatic carbocycles. The summed E-state index contributed by atoms with van der Waals surface area (Å²) >= 11 is 0. The fourth-order valence-corrected chi connectivity index (χ4v) is 4.02. The Hall–Kier alpha value is -3.53. The Morgan fingerprint density at radius 2 is 1.25 bits per heavy atom. The van der Waals surface area contributed by atoms with E-state index in [-0.39, 0.29) is 6.61 Å². The molecule has 1 saturated heterocycles. The molecule has 0 spiro atoms. The van der Waals surface area contributed by atoms with Gasteiger partial charge in [-0.25, -0.2) is 4.79 Å². The number of aliphatic hydroxyl groups excluding tert-OH is 1. The van der Waals surface area contributed by atoms with Crippen molar-refractivity contribution in [3.8, 4) is 0 Å². The highest BCUT2D eigenvalue weighted by Gasteiger charge is 2.50. The molecule has 1 atom stereocenters. The van der Waals surface area contributed by atoms with Crippen molar-refractivity contribution < 1.29 is 14.6 Å². The number of amides is 1. The minimum Gasteiger partial charge on any atom is -0.516 e. The summed E-state index contributed by atoms with van der Waals surface area (Å²) in [4.78, 5) is 14.7. The van der Waals surface area contributed by atoms with Crippen molar-refractivity contribution in [2.24, 2.45) is 0 Å². The van der Waals surface area contributed by atoms with Crippen molar-refractivity contribution in [2.45, 2.75) is 11.6 Å². The fraction of sp³-hybridized carbons (Fsp3) is 0.125. The van der Waals surface area contributed by atoms with Gasteiger partial charge in [0.05, 0.1) is 12.3 Å². The van der Waals surface area contributed by atoms with Gasteiger partial charge in [-0.05, 0) is 22.8 Å². The Balaban J connectivity index is 2.09. The largest absolute Gasteiger partial charge is 0.516 e. The molecule has 4 heteroatoms. The van der Waals surface area contributed by atoms with E-state index in [1.807, 2.05) is 91.0 Å². The zero-order valence-electron chi connectivity index (χ0n) is 15.3. The maximum Gasteiger partial charge on any atom is 0.411 e. The minimum atomic E-state index is -0.901. The van der Waals surface area contributed by atoms with Crippen LogP contribution in [0.15, 0.2) is 103 Å². The van der Waals surface area contributed by atoms with Gasteiger partial charge >= 0.3 is 6.09 Å². The molecule has 1 amide bonds. The van der Waals surface area contributed by atoms with Crippen LogP contribution in [0.25, 0.3) is 0 Å². The van der Waals surface area contributed by atoms with E-state index >= 15 is 0 Å². The summed E-state index contributed by atoms with van der Waals surface area (Å²) in [6.07, 6.45) is 2.15. The average molecular weight is 371 g/mol. The molecule has 0 aliphatic carbocycles. The highest BCUT2D eigenvalue weighted by molar-refractivity contribution is 5.75. The van der Waals surface area contributed by atoms with E-state index in [0.29, 0.717) is 0 Å². The molecule has 1 aliphatic heterocycles. The van der Waals surface area contributed by atoms with Crippen molar-refractivity contribution in [3.63, 3.8) is 0 Å². The molecule has 4 nitrogen and oxygen atoms in total. The highest BCUT2D eigenvalue weighted by Crippen LogP contribution is 2.45. The summed E-state index contributed by atoms with van der Waals surface area (Å²) in [6.45, 7) is 0.185. The molecule has 1 N–H and O–H groups in total. The maximum absolute atomic E-state index is 13.0. The van der Waals surface area contributed by atoms with Gasteiger partial charge in [-0.3, -0.25) is 4.90 Å². The number of hydrogen-bond acceptors (Lipinski definition) is 3. The van der Waals surface area contributed by atoms with Gasteiger partial charge in [0, 0.05) is 0 Å². The van der Waals surface area contributed by atoms with Gasteiger partial charge in [0.2, 0.25) is 0 Å². The van der Waals surface area contributed by atoms with Gasteiger partial charge in [-0.15, -0.1) is 0 Å². The molecular weight excluding hydrogens is 350 g/mol. The van der Waals surface area contributed by atoms with Crippen LogP contribution in [0.5, 0.6) is 0 Å². The monoisotopic (exact) mass is 371 g/mol. The Morgan fingerprint density at radius 1 is 0.821 bits per heavy atom. The van der Waals surface area contributed by atoms with Crippen LogP contribution >= 0.6 is 0 Å². The molecule has 4 rings (SSSR count). The van der Waals surface area contributed by atoms with E-state index in [1.165, 1.54) is 0 Å². The zero-order valence-corrected chi connectivity index (χ0v) is 15.3. The normalized spacial score (nSPS) is 17.1. The number of rotatable bonds is 5. The zero-order chi connectivity index (χ0) is 19.4. The molecule has 28 heavy (non-hydrogen) atoms. The smallest absolute Gasteiger partial charge is 0.411 e. The molecule has 140 valence electrons. The third kappa shape index (κ3) is 2.83.